The normalized spacial score (nSPS) is 21.4. The van der Waals surface area contributed by atoms with Gasteiger partial charge in [-0.1, -0.05) is 0 Å². The van der Waals surface area contributed by atoms with E-state index in [-0.39, 0.29) is 12.6 Å². The van der Waals surface area contributed by atoms with Gasteiger partial charge in [0.1, 0.15) is 0 Å². The SMILES string of the molecule is O=C(CN1CCN2CCC[C@@H]2C1)NNc1cc(C(F)(F)F)cc(C(F)(F)F)c1. The largest absolute Gasteiger partial charge is 0.416 e. The van der Waals surface area contributed by atoms with Crippen LogP contribution in [0.3, 0.4) is 0 Å². The minimum atomic E-state index is -4.94. The second kappa shape index (κ2) is 7.78. The van der Waals surface area contributed by atoms with Gasteiger partial charge in [0.2, 0.25) is 0 Å². The number of fused-ring (bicyclic) bond motifs is 1. The first-order valence-electron chi connectivity index (χ1n) is 8.83. The van der Waals surface area contributed by atoms with Gasteiger partial charge in [0, 0.05) is 25.7 Å². The number of anilines is 1. The average molecular weight is 410 g/mol. The molecule has 1 amide bonds. The van der Waals surface area contributed by atoms with Crippen molar-refractivity contribution in [2.45, 2.75) is 31.2 Å². The molecule has 28 heavy (non-hydrogen) atoms. The highest BCUT2D eigenvalue weighted by Crippen LogP contribution is 2.37. The summed E-state index contributed by atoms with van der Waals surface area (Å²) in [5.41, 5.74) is 0.968. The molecule has 2 aliphatic heterocycles. The van der Waals surface area contributed by atoms with E-state index in [1.165, 1.54) is 0 Å². The number of hydrogen-bond donors (Lipinski definition) is 2. The first-order valence-corrected chi connectivity index (χ1v) is 8.83. The second-order valence-corrected chi connectivity index (χ2v) is 7.03. The second-order valence-electron chi connectivity index (χ2n) is 7.03. The van der Waals surface area contributed by atoms with E-state index in [9.17, 15) is 31.1 Å². The summed E-state index contributed by atoms with van der Waals surface area (Å²) in [6.45, 7) is 3.31. The lowest BCUT2D eigenvalue weighted by Gasteiger charge is -2.37. The molecule has 2 heterocycles. The van der Waals surface area contributed by atoms with Crippen LogP contribution in [0.4, 0.5) is 32.0 Å². The molecule has 1 aromatic rings. The summed E-state index contributed by atoms with van der Waals surface area (Å²) in [5.74, 6) is -0.530. The predicted molar refractivity (Wildman–Crippen MR) is 89.2 cm³/mol. The highest BCUT2D eigenvalue weighted by atomic mass is 19.4. The molecule has 0 radical (unpaired) electrons. The summed E-state index contributed by atoms with van der Waals surface area (Å²) < 4.78 is 77.1. The number of hydrogen-bond acceptors (Lipinski definition) is 4. The Labute approximate surface area is 157 Å². The van der Waals surface area contributed by atoms with Gasteiger partial charge in [0.25, 0.3) is 5.91 Å². The zero-order chi connectivity index (χ0) is 20.5. The van der Waals surface area contributed by atoms with Crippen LogP contribution in [0.1, 0.15) is 24.0 Å². The van der Waals surface area contributed by atoms with Gasteiger partial charge in [-0.05, 0) is 37.6 Å². The fourth-order valence-corrected chi connectivity index (χ4v) is 3.61. The van der Waals surface area contributed by atoms with Crippen molar-refractivity contribution in [1.82, 2.24) is 15.2 Å². The minimum Gasteiger partial charge on any atom is -0.299 e. The van der Waals surface area contributed by atoms with Gasteiger partial charge < -0.3 is 0 Å². The van der Waals surface area contributed by atoms with Crippen molar-refractivity contribution >= 4 is 11.6 Å². The van der Waals surface area contributed by atoms with Crippen molar-refractivity contribution in [2.75, 3.05) is 38.1 Å². The van der Waals surface area contributed by atoms with Crippen LogP contribution in [-0.2, 0) is 17.1 Å². The van der Waals surface area contributed by atoms with E-state index in [0.29, 0.717) is 24.7 Å². The molecule has 2 saturated heterocycles. The molecule has 156 valence electrons. The van der Waals surface area contributed by atoms with Crippen LogP contribution in [0, 0.1) is 0 Å². The lowest BCUT2D eigenvalue weighted by Crippen LogP contribution is -2.52. The fraction of sp³-hybridized carbons (Fsp3) is 0.588. The Bertz CT molecular complexity index is 688. The Morgan fingerprint density at radius 1 is 1.00 bits per heavy atom. The van der Waals surface area contributed by atoms with Crippen LogP contribution in [-0.4, -0.2) is 54.5 Å². The third-order valence-electron chi connectivity index (χ3n) is 4.97. The summed E-state index contributed by atoms with van der Waals surface area (Å²) >= 11 is 0. The van der Waals surface area contributed by atoms with Gasteiger partial charge in [0.15, 0.2) is 0 Å². The molecule has 0 spiro atoms. The molecule has 0 bridgehead atoms. The lowest BCUT2D eigenvalue weighted by molar-refractivity contribution is -0.143. The summed E-state index contributed by atoms with van der Waals surface area (Å²) in [6.07, 6.45) is -7.71. The monoisotopic (exact) mass is 410 g/mol. The van der Waals surface area contributed by atoms with E-state index in [4.69, 9.17) is 0 Å². The summed E-state index contributed by atoms with van der Waals surface area (Å²) in [7, 11) is 0. The molecule has 0 saturated carbocycles. The Morgan fingerprint density at radius 3 is 2.25 bits per heavy atom. The number of halogens is 6. The molecule has 11 heteroatoms. The number of nitrogens with zero attached hydrogens (tertiary/aromatic N) is 2. The number of hydrazine groups is 1. The van der Waals surface area contributed by atoms with E-state index in [2.05, 4.69) is 15.8 Å². The van der Waals surface area contributed by atoms with Crippen LogP contribution in [0.2, 0.25) is 0 Å². The maximum atomic E-state index is 12.9. The number of rotatable bonds is 4. The quantitative estimate of drug-likeness (QED) is 0.592. The Hall–Kier alpha value is -2.01. The number of carbonyl (C=O) groups excluding carboxylic acids is 1. The Balaban J connectivity index is 1.61. The number of piperazine rings is 1. The average Bonchev–Trinajstić information content (AvgIpc) is 3.06. The fourth-order valence-electron chi connectivity index (χ4n) is 3.61. The molecule has 5 nitrogen and oxygen atoms in total. The van der Waals surface area contributed by atoms with Crippen molar-refractivity contribution in [3.8, 4) is 0 Å². The maximum absolute atomic E-state index is 12.9. The number of alkyl halides is 6. The lowest BCUT2D eigenvalue weighted by atomic mass is 10.1. The smallest absolute Gasteiger partial charge is 0.299 e. The van der Waals surface area contributed by atoms with Gasteiger partial charge in [0.05, 0.1) is 23.4 Å². The molecule has 0 aromatic heterocycles. The van der Waals surface area contributed by atoms with Crippen molar-refractivity contribution in [2.24, 2.45) is 0 Å². The van der Waals surface area contributed by atoms with Crippen molar-refractivity contribution in [3.63, 3.8) is 0 Å². The molecule has 2 fully saturated rings. The Morgan fingerprint density at radius 2 is 1.64 bits per heavy atom. The van der Waals surface area contributed by atoms with Crippen molar-refractivity contribution < 1.29 is 31.1 Å². The minimum absolute atomic E-state index is 0.0163. The predicted octanol–water partition coefficient (Wildman–Crippen LogP) is 2.95. The van der Waals surface area contributed by atoms with Crippen LogP contribution < -0.4 is 10.9 Å². The molecule has 1 aromatic carbocycles. The molecular weight excluding hydrogens is 390 g/mol. The third kappa shape index (κ3) is 5.07. The molecule has 0 unspecified atom stereocenters. The van der Waals surface area contributed by atoms with Crippen molar-refractivity contribution in [3.05, 3.63) is 29.3 Å². The summed E-state index contributed by atoms with van der Waals surface area (Å²) in [4.78, 5) is 16.3. The molecule has 2 aliphatic rings. The molecule has 2 N–H and O–H groups in total. The third-order valence-corrected chi connectivity index (χ3v) is 4.97. The van der Waals surface area contributed by atoms with E-state index in [1.54, 1.807) is 0 Å². The maximum Gasteiger partial charge on any atom is 0.416 e. The standard InChI is InChI=1S/C17H20F6N4O/c18-16(19,20)11-6-12(17(21,22)23)8-13(7-11)24-25-15(28)10-26-4-5-27-3-1-2-14(27)9-26/h6-8,14,24H,1-5,9-10H2,(H,25,28)/t14-/m1/s1. The highest BCUT2D eigenvalue weighted by Gasteiger charge is 2.37. The van der Waals surface area contributed by atoms with E-state index in [0.717, 1.165) is 32.5 Å². The van der Waals surface area contributed by atoms with E-state index >= 15 is 0 Å². The van der Waals surface area contributed by atoms with Crippen molar-refractivity contribution in [1.29, 1.82) is 0 Å². The van der Waals surface area contributed by atoms with Gasteiger partial charge in [-0.2, -0.15) is 26.3 Å². The van der Waals surface area contributed by atoms with Crippen LogP contribution in [0.25, 0.3) is 0 Å². The zero-order valence-corrected chi connectivity index (χ0v) is 14.8. The first-order chi connectivity index (χ1) is 13.0. The molecule has 0 aliphatic carbocycles. The van der Waals surface area contributed by atoms with Crippen LogP contribution in [0.5, 0.6) is 0 Å². The first kappa shape index (κ1) is 20.7. The number of amides is 1. The van der Waals surface area contributed by atoms with Crippen LogP contribution in [0.15, 0.2) is 18.2 Å². The molecular formula is C17H20F6N4O. The van der Waals surface area contributed by atoms with Crippen LogP contribution >= 0.6 is 0 Å². The van der Waals surface area contributed by atoms with Gasteiger partial charge in [-0.15, -0.1) is 0 Å². The van der Waals surface area contributed by atoms with E-state index < -0.39 is 35.1 Å². The summed E-state index contributed by atoms with van der Waals surface area (Å²) in [6, 6.07) is 1.47. The summed E-state index contributed by atoms with van der Waals surface area (Å²) in [5, 5.41) is 0. The topological polar surface area (TPSA) is 47.6 Å². The zero-order valence-electron chi connectivity index (χ0n) is 14.8. The van der Waals surface area contributed by atoms with Gasteiger partial charge in [-0.25, -0.2) is 0 Å². The molecule has 1 atom stereocenters. The highest BCUT2D eigenvalue weighted by molar-refractivity contribution is 5.79. The van der Waals surface area contributed by atoms with Gasteiger partial charge >= 0.3 is 12.4 Å². The van der Waals surface area contributed by atoms with Gasteiger partial charge in [-0.3, -0.25) is 25.4 Å². The number of nitrogens with one attached hydrogen (secondary N) is 2. The molecule has 3 rings (SSSR count). The van der Waals surface area contributed by atoms with E-state index in [1.807, 2.05) is 4.90 Å². The Kier molecular flexibility index (Phi) is 5.76. The number of benzene rings is 1. The number of carbonyl (C=O) groups is 1.